The molecule has 0 amide bonds. The minimum atomic E-state index is -4.94. The molecule has 0 radical (unpaired) electrons. The van der Waals surface area contributed by atoms with Crippen molar-refractivity contribution in [3.05, 3.63) is 23.8 Å². The fourth-order valence-corrected chi connectivity index (χ4v) is 3.66. The molecule has 0 saturated heterocycles. The first-order chi connectivity index (χ1) is 9.52. The van der Waals surface area contributed by atoms with Crippen LogP contribution >= 0.6 is 0 Å². The number of benzene rings is 1. The van der Waals surface area contributed by atoms with Crippen molar-refractivity contribution in [2.45, 2.75) is 30.0 Å². The lowest BCUT2D eigenvalue weighted by Gasteiger charge is -2.23. The lowest BCUT2D eigenvalue weighted by molar-refractivity contribution is -0.137. The van der Waals surface area contributed by atoms with E-state index < -0.39 is 45.3 Å². The predicted molar refractivity (Wildman–Crippen MR) is 63.7 cm³/mol. The molecule has 0 unspecified atom stereocenters. The average molecular weight is 330 g/mol. The molecule has 1 aliphatic rings. The maximum Gasteiger partial charge on any atom is 0.402 e. The van der Waals surface area contributed by atoms with Gasteiger partial charge in [0.2, 0.25) is 10.0 Å². The molecule has 2 N–H and O–H groups in total. The molecule has 4 nitrogen and oxygen atoms in total. The SMILES string of the molecule is Nc1cc(F)c(S(=O)(=O)N(CC(F)(F)F)C2CC2)c(F)c1. The first-order valence-corrected chi connectivity index (χ1v) is 7.29. The molecule has 0 aromatic heterocycles. The van der Waals surface area contributed by atoms with Crippen LogP contribution in [0.15, 0.2) is 17.0 Å². The number of anilines is 1. The third-order valence-electron chi connectivity index (χ3n) is 2.88. The Balaban J connectivity index is 2.49. The summed E-state index contributed by atoms with van der Waals surface area (Å²) in [5, 5.41) is 0. The van der Waals surface area contributed by atoms with Crippen molar-refractivity contribution in [1.29, 1.82) is 0 Å². The standard InChI is InChI=1S/C11H11F5N2O2S/c12-8-3-6(17)4-9(13)10(8)21(19,20)18(7-1-2-7)5-11(14,15)16/h3-4,7H,1-2,5,17H2. The van der Waals surface area contributed by atoms with Crippen LogP contribution in [-0.2, 0) is 10.0 Å². The van der Waals surface area contributed by atoms with Gasteiger partial charge in [0.1, 0.15) is 18.2 Å². The molecular formula is C11H11F5N2O2S. The summed E-state index contributed by atoms with van der Waals surface area (Å²) < 4.78 is 89.2. The van der Waals surface area contributed by atoms with Crippen molar-refractivity contribution in [1.82, 2.24) is 4.31 Å². The number of hydrogen-bond acceptors (Lipinski definition) is 3. The first kappa shape index (κ1) is 16.0. The third kappa shape index (κ3) is 3.43. The quantitative estimate of drug-likeness (QED) is 0.680. The molecule has 118 valence electrons. The highest BCUT2D eigenvalue weighted by atomic mass is 32.2. The minimum Gasteiger partial charge on any atom is -0.399 e. The topological polar surface area (TPSA) is 63.4 Å². The van der Waals surface area contributed by atoms with Crippen LogP contribution in [-0.4, -0.2) is 31.5 Å². The van der Waals surface area contributed by atoms with Crippen molar-refractivity contribution in [2.75, 3.05) is 12.3 Å². The number of nitrogens with two attached hydrogens (primary N) is 1. The number of sulfonamides is 1. The van der Waals surface area contributed by atoms with Crippen LogP contribution in [0, 0.1) is 11.6 Å². The Kier molecular flexibility index (Phi) is 3.87. The summed E-state index contributed by atoms with van der Waals surface area (Å²) in [5.74, 6) is -3.03. The molecule has 1 saturated carbocycles. The van der Waals surface area contributed by atoms with E-state index in [1.807, 2.05) is 0 Å². The van der Waals surface area contributed by atoms with Crippen LogP contribution in [0.1, 0.15) is 12.8 Å². The summed E-state index contributed by atoms with van der Waals surface area (Å²) in [5.41, 5.74) is 4.79. The fourth-order valence-electron chi connectivity index (χ4n) is 1.89. The highest BCUT2D eigenvalue weighted by Gasteiger charge is 2.46. The molecule has 1 aromatic rings. The van der Waals surface area contributed by atoms with E-state index >= 15 is 0 Å². The first-order valence-electron chi connectivity index (χ1n) is 5.85. The van der Waals surface area contributed by atoms with Gasteiger partial charge in [-0.25, -0.2) is 17.2 Å². The monoisotopic (exact) mass is 330 g/mol. The molecule has 21 heavy (non-hydrogen) atoms. The maximum atomic E-state index is 13.7. The van der Waals surface area contributed by atoms with Crippen molar-refractivity contribution in [3.63, 3.8) is 0 Å². The van der Waals surface area contributed by atoms with E-state index in [0.717, 1.165) is 0 Å². The Labute approximate surface area is 117 Å². The number of halogens is 5. The second-order valence-corrected chi connectivity index (χ2v) is 6.54. The van der Waals surface area contributed by atoms with E-state index in [9.17, 15) is 30.4 Å². The largest absolute Gasteiger partial charge is 0.402 e. The summed E-state index contributed by atoms with van der Waals surface area (Å²) in [6.45, 7) is -1.79. The van der Waals surface area contributed by atoms with Gasteiger partial charge in [0.05, 0.1) is 0 Å². The number of hydrogen-bond donors (Lipinski definition) is 1. The van der Waals surface area contributed by atoms with E-state index in [1.165, 1.54) is 0 Å². The van der Waals surface area contributed by atoms with Gasteiger partial charge in [-0.15, -0.1) is 0 Å². The molecule has 0 spiro atoms. The Morgan fingerprint density at radius 2 is 1.67 bits per heavy atom. The Morgan fingerprint density at radius 3 is 2.05 bits per heavy atom. The number of nitrogen functional groups attached to an aromatic ring is 1. The molecule has 1 aromatic carbocycles. The van der Waals surface area contributed by atoms with Gasteiger partial charge < -0.3 is 5.73 Å². The normalized spacial score (nSPS) is 16.5. The summed E-state index contributed by atoms with van der Waals surface area (Å²) in [4.78, 5) is -1.41. The summed E-state index contributed by atoms with van der Waals surface area (Å²) >= 11 is 0. The van der Waals surface area contributed by atoms with Crippen LogP contribution in [0.4, 0.5) is 27.6 Å². The van der Waals surface area contributed by atoms with Gasteiger partial charge in [-0.1, -0.05) is 0 Å². The fraction of sp³-hybridized carbons (Fsp3) is 0.455. The summed E-state index contributed by atoms with van der Waals surface area (Å²) in [6, 6.07) is 0.205. The summed E-state index contributed by atoms with van der Waals surface area (Å²) in [6.07, 6.45) is -4.38. The average Bonchev–Trinajstić information content (AvgIpc) is 3.05. The van der Waals surface area contributed by atoms with E-state index in [0.29, 0.717) is 12.1 Å². The molecule has 0 bridgehead atoms. The van der Waals surface area contributed by atoms with Crippen molar-refractivity contribution in [3.8, 4) is 0 Å². The van der Waals surface area contributed by atoms with E-state index in [-0.39, 0.29) is 22.8 Å². The number of rotatable bonds is 4. The van der Waals surface area contributed by atoms with Gasteiger partial charge >= 0.3 is 6.18 Å². The second-order valence-electron chi connectivity index (χ2n) is 4.71. The van der Waals surface area contributed by atoms with E-state index in [1.54, 1.807) is 0 Å². The van der Waals surface area contributed by atoms with Gasteiger partial charge in [-0.2, -0.15) is 17.5 Å². The van der Waals surface area contributed by atoms with E-state index in [2.05, 4.69) is 0 Å². The Morgan fingerprint density at radius 1 is 1.19 bits per heavy atom. The second kappa shape index (κ2) is 5.09. The van der Waals surface area contributed by atoms with Gasteiger partial charge in [-0.3, -0.25) is 0 Å². The van der Waals surface area contributed by atoms with Gasteiger partial charge in [0.15, 0.2) is 4.90 Å². The highest BCUT2D eigenvalue weighted by molar-refractivity contribution is 7.89. The van der Waals surface area contributed by atoms with Gasteiger partial charge in [-0.05, 0) is 25.0 Å². The number of nitrogens with zero attached hydrogens (tertiary/aromatic N) is 1. The highest BCUT2D eigenvalue weighted by Crippen LogP contribution is 2.36. The lowest BCUT2D eigenvalue weighted by atomic mass is 10.3. The predicted octanol–water partition coefficient (Wildman–Crippen LogP) is 2.26. The van der Waals surface area contributed by atoms with Crippen molar-refractivity contribution >= 4 is 15.7 Å². The van der Waals surface area contributed by atoms with Crippen molar-refractivity contribution < 1.29 is 30.4 Å². The van der Waals surface area contributed by atoms with Crippen LogP contribution in [0.5, 0.6) is 0 Å². The van der Waals surface area contributed by atoms with Crippen LogP contribution < -0.4 is 5.73 Å². The Bertz CT molecular complexity index is 632. The molecule has 1 fully saturated rings. The third-order valence-corrected chi connectivity index (χ3v) is 4.83. The van der Waals surface area contributed by atoms with Gasteiger partial charge in [0, 0.05) is 11.7 Å². The molecular weight excluding hydrogens is 319 g/mol. The van der Waals surface area contributed by atoms with Crippen LogP contribution in [0.3, 0.4) is 0 Å². The zero-order valence-electron chi connectivity index (χ0n) is 10.5. The van der Waals surface area contributed by atoms with E-state index in [4.69, 9.17) is 5.73 Å². The van der Waals surface area contributed by atoms with Crippen LogP contribution in [0.2, 0.25) is 0 Å². The number of alkyl halides is 3. The lowest BCUT2D eigenvalue weighted by Crippen LogP contribution is -2.41. The van der Waals surface area contributed by atoms with Crippen molar-refractivity contribution in [2.24, 2.45) is 0 Å². The molecule has 0 atom stereocenters. The van der Waals surface area contributed by atoms with Crippen LogP contribution in [0.25, 0.3) is 0 Å². The molecule has 0 heterocycles. The molecule has 1 aliphatic carbocycles. The Hall–Kier alpha value is -1.42. The smallest absolute Gasteiger partial charge is 0.399 e. The maximum absolute atomic E-state index is 13.7. The molecule has 10 heteroatoms. The minimum absolute atomic E-state index is 0.0880. The molecule has 2 rings (SSSR count). The molecule has 0 aliphatic heterocycles. The van der Waals surface area contributed by atoms with Gasteiger partial charge in [0.25, 0.3) is 0 Å². The zero-order chi connectivity index (χ0) is 16.0. The zero-order valence-corrected chi connectivity index (χ0v) is 11.3. The summed E-state index contributed by atoms with van der Waals surface area (Å²) in [7, 11) is -4.94.